The van der Waals surface area contributed by atoms with Crippen molar-refractivity contribution in [3.63, 3.8) is 0 Å². The number of halogens is 2. The van der Waals surface area contributed by atoms with Crippen molar-refractivity contribution in [1.29, 1.82) is 0 Å². The Balaban J connectivity index is 2.07. The number of benzene rings is 2. The van der Waals surface area contributed by atoms with Crippen LogP contribution >= 0.6 is 0 Å². The molecule has 2 aromatic rings. The van der Waals surface area contributed by atoms with Crippen LogP contribution < -0.4 is 22.1 Å². The molecule has 1 amide bonds. The summed E-state index contributed by atoms with van der Waals surface area (Å²) in [6.45, 7) is 6.48. The normalized spacial score (nSPS) is 14.2. The predicted molar refractivity (Wildman–Crippen MR) is 115 cm³/mol. The van der Waals surface area contributed by atoms with E-state index in [1.54, 1.807) is 12.1 Å². The van der Waals surface area contributed by atoms with E-state index in [-0.39, 0.29) is 17.2 Å². The van der Waals surface area contributed by atoms with Crippen LogP contribution in [-0.4, -0.2) is 24.6 Å². The Morgan fingerprint density at radius 1 is 1.00 bits per heavy atom. The molecule has 2 aromatic carbocycles. The fourth-order valence-electron chi connectivity index (χ4n) is 2.57. The van der Waals surface area contributed by atoms with Crippen LogP contribution in [-0.2, 0) is 0 Å². The van der Waals surface area contributed by atoms with Crippen molar-refractivity contribution in [2.75, 3.05) is 6.54 Å². The van der Waals surface area contributed by atoms with Crippen molar-refractivity contribution in [3.05, 3.63) is 71.3 Å². The van der Waals surface area contributed by atoms with Crippen molar-refractivity contribution in [1.82, 2.24) is 10.6 Å². The molecule has 0 saturated heterocycles. The SMILES string of the molecule is CC(C)(C)CN=C(NC(=O)c1ccc(F)cc1)NC(N)CC(N)c1ccc(F)cc1. The first-order valence-corrected chi connectivity index (χ1v) is 9.68. The first-order valence-electron chi connectivity index (χ1n) is 9.68. The van der Waals surface area contributed by atoms with Crippen LogP contribution in [0, 0.1) is 17.0 Å². The number of aliphatic imine (C=N–C) groups is 1. The topological polar surface area (TPSA) is 106 Å². The van der Waals surface area contributed by atoms with Crippen LogP contribution in [0.15, 0.2) is 53.5 Å². The second-order valence-electron chi connectivity index (χ2n) is 8.33. The molecule has 0 saturated carbocycles. The Morgan fingerprint density at radius 3 is 2.07 bits per heavy atom. The minimum atomic E-state index is -0.614. The van der Waals surface area contributed by atoms with Crippen LogP contribution in [0.2, 0.25) is 0 Å². The fraction of sp³-hybridized carbons (Fsp3) is 0.364. The highest BCUT2D eigenvalue weighted by Gasteiger charge is 2.17. The number of guanidine groups is 1. The van der Waals surface area contributed by atoms with E-state index in [1.807, 2.05) is 20.8 Å². The molecule has 6 N–H and O–H groups in total. The van der Waals surface area contributed by atoms with Crippen LogP contribution in [0.3, 0.4) is 0 Å². The lowest BCUT2D eigenvalue weighted by Gasteiger charge is -2.22. The second-order valence-corrected chi connectivity index (χ2v) is 8.33. The van der Waals surface area contributed by atoms with E-state index in [9.17, 15) is 13.6 Å². The fourth-order valence-corrected chi connectivity index (χ4v) is 2.57. The number of hydrogen-bond donors (Lipinski definition) is 4. The lowest BCUT2D eigenvalue weighted by atomic mass is 9.97. The molecule has 30 heavy (non-hydrogen) atoms. The van der Waals surface area contributed by atoms with E-state index in [0.717, 1.165) is 5.56 Å². The highest BCUT2D eigenvalue weighted by molar-refractivity contribution is 6.05. The molecule has 2 rings (SSSR count). The van der Waals surface area contributed by atoms with Gasteiger partial charge in [0.15, 0.2) is 5.96 Å². The predicted octanol–water partition coefficient (Wildman–Crippen LogP) is 3.06. The summed E-state index contributed by atoms with van der Waals surface area (Å²) < 4.78 is 26.2. The van der Waals surface area contributed by atoms with Gasteiger partial charge in [0.2, 0.25) is 0 Å². The second kappa shape index (κ2) is 10.3. The Labute approximate surface area is 175 Å². The lowest BCUT2D eigenvalue weighted by Crippen LogP contribution is -2.50. The zero-order valence-corrected chi connectivity index (χ0v) is 17.5. The molecular formula is C22H29F2N5O. The van der Waals surface area contributed by atoms with E-state index >= 15 is 0 Å². The third-order valence-electron chi connectivity index (χ3n) is 4.18. The summed E-state index contributed by atoms with van der Waals surface area (Å²) in [5, 5.41) is 5.67. The Kier molecular flexibility index (Phi) is 8.02. The molecule has 0 fully saturated rings. The monoisotopic (exact) mass is 417 g/mol. The number of hydrogen-bond acceptors (Lipinski definition) is 4. The van der Waals surface area contributed by atoms with Crippen molar-refractivity contribution >= 4 is 11.9 Å². The van der Waals surface area contributed by atoms with Gasteiger partial charge in [0.05, 0.1) is 6.17 Å². The summed E-state index contributed by atoms with van der Waals surface area (Å²) in [6.07, 6.45) is -0.288. The van der Waals surface area contributed by atoms with Crippen LogP contribution in [0.5, 0.6) is 0 Å². The van der Waals surface area contributed by atoms with Crippen LogP contribution in [0.1, 0.15) is 49.2 Å². The van der Waals surface area contributed by atoms with Crippen molar-refractivity contribution in [3.8, 4) is 0 Å². The van der Waals surface area contributed by atoms with Crippen molar-refractivity contribution in [2.24, 2.45) is 21.9 Å². The Bertz CT molecular complexity index is 861. The van der Waals surface area contributed by atoms with Gasteiger partial charge in [-0.05, 0) is 53.8 Å². The average Bonchev–Trinajstić information content (AvgIpc) is 2.66. The summed E-state index contributed by atoms with van der Waals surface area (Å²) in [4.78, 5) is 16.9. The van der Waals surface area contributed by atoms with Crippen molar-refractivity contribution < 1.29 is 13.6 Å². The van der Waals surface area contributed by atoms with Crippen LogP contribution in [0.25, 0.3) is 0 Å². The molecule has 2 unspecified atom stereocenters. The van der Waals surface area contributed by atoms with E-state index < -0.39 is 23.9 Å². The number of nitrogens with zero attached hydrogens (tertiary/aromatic N) is 1. The molecule has 0 spiro atoms. The van der Waals surface area contributed by atoms with Gasteiger partial charge in [-0.1, -0.05) is 32.9 Å². The maximum Gasteiger partial charge on any atom is 0.257 e. The molecule has 6 nitrogen and oxygen atoms in total. The van der Waals surface area contributed by atoms with Gasteiger partial charge >= 0.3 is 0 Å². The van der Waals surface area contributed by atoms with E-state index in [0.29, 0.717) is 18.5 Å². The first-order chi connectivity index (χ1) is 14.0. The molecule has 0 aromatic heterocycles. The summed E-state index contributed by atoms with van der Waals surface area (Å²) in [6, 6.07) is 10.7. The number of carbonyl (C=O) groups is 1. The maximum absolute atomic E-state index is 13.1. The number of nitrogens with two attached hydrogens (primary N) is 2. The molecule has 162 valence electrons. The number of carbonyl (C=O) groups excluding carboxylic acids is 1. The number of amides is 1. The minimum absolute atomic E-state index is 0.109. The molecule has 0 aliphatic heterocycles. The highest BCUT2D eigenvalue weighted by Crippen LogP contribution is 2.16. The zero-order chi connectivity index (χ0) is 22.3. The standard InChI is InChI=1S/C22H29F2N5O/c1-22(2,3)13-27-21(29-20(30)15-6-10-17(24)11-7-15)28-19(26)12-18(25)14-4-8-16(23)9-5-14/h4-11,18-19H,12-13,25-26H2,1-3H3,(H2,27,28,29,30). The number of rotatable bonds is 6. The lowest BCUT2D eigenvalue weighted by molar-refractivity contribution is 0.0975. The molecular weight excluding hydrogens is 388 g/mol. The van der Waals surface area contributed by atoms with Gasteiger partial charge in [0.25, 0.3) is 5.91 Å². The molecule has 8 heteroatoms. The minimum Gasteiger partial charge on any atom is -0.341 e. The van der Waals surface area contributed by atoms with Gasteiger partial charge in [0.1, 0.15) is 11.6 Å². The molecule has 2 atom stereocenters. The summed E-state index contributed by atoms with van der Waals surface area (Å²) >= 11 is 0. The number of nitrogens with one attached hydrogen (secondary N) is 2. The van der Waals surface area contributed by atoms with Crippen LogP contribution in [0.4, 0.5) is 8.78 Å². The van der Waals surface area contributed by atoms with E-state index in [2.05, 4.69) is 15.6 Å². The largest absolute Gasteiger partial charge is 0.341 e. The summed E-state index contributed by atoms with van der Waals surface area (Å²) in [5.41, 5.74) is 13.3. The Hall–Kier alpha value is -2.84. The highest BCUT2D eigenvalue weighted by atomic mass is 19.1. The van der Waals surface area contributed by atoms with E-state index in [4.69, 9.17) is 11.5 Å². The third kappa shape index (κ3) is 7.88. The first kappa shape index (κ1) is 23.4. The third-order valence-corrected chi connectivity index (χ3v) is 4.18. The van der Waals surface area contributed by atoms with Gasteiger partial charge < -0.3 is 16.8 Å². The van der Waals surface area contributed by atoms with Gasteiger partial charge in [-0.15, -0.1) is 0 Å². The smallest absolute Gasteiger partial charge is 0.257 e. The van der Waals surface area contributed by atoms with Crippen molar-refractivity contribution in [2.45, 2.75) is 39.4 Å². The van der Waals surface area contributed by atoms with Gasteiger partial charge in [0, 0.05) is 18.2 Å². The quantitative estimate of drug-likeness (QED) is 0.329. The maximum atomic E-state index is 13.1. The van der Waals surface area contributed by atoms with Gasteiger partial charge in [-0.25, -0.2) is 8.78 Å². The zero-order valence-electron chi connectivity index (χ0n) is 17.5. The Morgan fingerprint density at radius 2 is 1.53 bits per heavy atom. The molecule has 0 aliphatic rings. The van der Waals surface area contributed by atoms with E-state index in [1.165, 1.54) is 36.4 Å². The summed E-state index contributed by atoms with van der Waals surface area (Å²) in [7, 11) is 0. The average molecular weight is 418 g/mol. The molecule has 0 aliphatic carbocycles. The van der Waals surface area contributed by atoms with Gasteiger partial charge in [-0.2, -0.15) is 0 Å². The molecule has 0 heterocycles. The molecule has 0 radical (unpaired) electrons. The summed E-state index contributed by atoms with van der Waals surface area (Å²) in [5.74, 6) is -1.00. The molecule has 0 bridgehead atoms. The van der Waals surface area contributed by atoms with Gasteiger partial charge in [-0.3, -0.25) is 15.1 Å².